The van der Waals surface area contributed by atoms with Crippen LogP contribution in [0.1, 0.15) is 34.7 Å². The van der Waals surface area contributed by atoms with Crippen LogP contribution in [-0.4, -0.2) is 33.3 Å². The largest absolute Gasteiger partial charge is 0.393 e. The van der Waals surface area contributed by atoms with Crippen molar-refractivity contribution in [2.24, 2.45) is 5.92 Å². The van der Waals surface area contributed by atoms with E-state index < -0.39 is 0 Å². The number of rotatable bonds is 5. The van der Waals surface area contributed by atoms with Crippen molar-refractivity contribution in [2.75, 3.05) is 0 Å². The molecule has 0 aliphatic heterocycles. The molecule has 1 amide bonds. The van der Waals surface area contributed by atoms with E-state index in [-0.39, 0.29) is 24.0 Å². The molecular weight excluding hydrogens is 282 g/mol. The molecule has 22 heavy (non-hydrogen) atoms. The van der Waals surface area contributed by atoms with Gasteiger partial charge in [-0.25, -0.2) is 0 Å². The molecule has 1 saturated carbocycles. The smallest absolute Gasteiger partial charge is 0.256 e. The molecule has 3 rings (SSSR count). The lowest BCUT2D eigenvalue weighted by Crippen LogP contribution is -2.48. The zero-order valence-corrected chi connectivity index (χ0v) is 12.4. The topological polar surface area (TPSA) is 88.3 Å². The lowest BCUT2D eigenvalue weighted by molar-refractivity contribution is 0.0237. The standard InChI is InChI=1S/C16H19N3O3/c1-10-14(9-18-22-10)16(21)19-15(11-6-13(20)7-11)8-12-4-2-3-5-17-12/h2-5,9,11,13,15,20H,6-8H2,1H3,(H,19,21)/t11?,13?,15-/m0/s1. The lowest BCUT2D eigenvalue weighted by atomic mass is 9.76. The number of hydrogen-bond donors (Lipinski definition) is 2. The molecule has 1 fully saturated rings. The number of pyridine rings is 1. The molecule has 2 N–H and O–H groups in total. The van der Waals surface area contributed by atoms with Crippen LogP contribution in [0.15, 0.2) is 35.1 Å². The average molecular weight is 301 g/mol. The predicted molar refractivity (Wildman–Crippen MR) is 79.2 cm³/mol. The summed E-state index contributed by atoms with van der Waals surface area (Å²) < 4.78 is 4.94. The number of nitrogens with zero attached hydrogens (tertiary/aromatic N) is 2. The monoisotopic (exact) mass is 301 g/mol. The fourth-order valence-electron chi connectivity index (χ4n) is 2.80. The van der Waals surface area contributed by atoms with Crippen LogP contribution >= 0.6 is 0 Å². The summed E-state index contributed by atoms with van der Waals surface area (Å²) in [4.78, 5) is 16.7. The number of aliphatic hydroxyl groups excluding tert-OH is 1. The quantitative estimate of drug-likeness (QED) is 0.873. The highest BCUT2D eigenvalue weighted by atomic mass is 16.5. The van der Waals surface area contributed by atoms with Gasteiger partial charge >= 0.3 is 0 Å². The van der Waals surface area contributed by atoms with Crippen molar-refractivity contribution >= 4 is 5.91 Å². The Morgan fingerprint density at radius 3 is 2.91 bits per heavy atom. The number of hydrogen-bond acceptors (Lipinski definition) is 5. The van der Waals surface area contributed by atoms with E-state index in [0.717, 1.165) is 5.69 Å². The molecule has 1 aliphatic carbocycles. The molecule has 0 bridgehead atoms. The third kappa shape index (κ3) is 3.17. The molecule has 0 saturated heterocycles. The molecule has 0 unspecified atom stereocenters. The second-order valence-electron chi connectivity index (χ2n) is 5.79. The molecule has 2 heterocycles. The first kappa shape index (κ1) is 14.7. The fourth-order valence-corrected chi connectivity index (χ4v) is 2.80. The van der Waals surface area contributed by atoms with E-state index in [1.54, 1.807) is 13.1 Å². The maximum Gasteiger partial charge on any atom is 0.256 e. The number of nitrogens with one attached hydrogen (secondary N) is 1. The third-order valence-corrected chi connectivity index (χ3v) is 4.19. The van der Waals surface area contributed by atoms with Gasteiger partial charge in [0.05, 0.1) is 12.3 Å². The summed E-state index contributed by atoms with van der Waals surface area (Å²) in [7, 11) is 0. The average Bonchev–Trinajstić information content (AvgIpc) is 2.91. The van der Waals surface area contributed by atoms with E-state index in [2.05, 4.69) is 15.5 Å². The van der Waals surface area contributed by atoms with E-state index >= 15 is 0 Å². The van der Waals surface area contributed by atoms with Gasteiger partial charge in [0.2, 0.25) is 0 Å². The van der Waals surface area contributed by atoms with Crippen LogP contribution in [0, 0.1) is 12.8 Å². The second kappa shape index (κ2) is 6.27. The highest BCUT2D eigenvalue weighted by Gasteiger charge is 2.35. The first-order chi connectivity index (χ1) is 10.6. The van der Waals surface area contributed by atoms with Crippen molar-refractivity contribution < 1.29 is 14.4 Å². The van der Waals surface area contributed by atoms with Crippen molar-refractivity contribution in [3.63, 3.8) is 0 Å². The van der Waals surface area contributed by atoms with Gasteiger partial charge in [-0.3, -0.25) is 9.78 Å². The summed E-state index contributed by atoms with van der Waals surface area (Å²) >= 11 is 0. The fraction of sp³-hybridized carbons (Fsp3) is 0.438. The first-order valence-electron chi connectivity index (χ1n) is 7.43. The van der Waals surface area contributed by atoms with E-state index in [1.807, 2.05) is 18.2 Å². The van der Waals surface area contributed by atoms with Gasteiger partial charge in [-0.1, -0.05) is 11.2 Å². The molecule has 2 aromatic heterocycles. The van der Waals surface area contributed by atoms with Gasteiger partial charge in [0.15, 0.2) is 0 Å². The molecule has 1 atom stereocenters. The molecule has 6 heteroatoms. The van der Waals surface area contributed by atoms with Crippen molar-refractivity contribution in [1.82, 2.24) is 15.5 Å². The molecular formula is C16H19N3O3. The number of amides is 1. The zero-order valence-electron chi connectivity index (χ0n) is 12.4. The molecule has 0 aromatic carbocycles. The number of aromatic nitrogens is 2. The summed E-state index contributed by atoms with van der Waals surface area (Å²) in [5.41, 5.74) is 1.38. The maximum atomic E-state index is 12.4. The lowest BCUT2D eigenvalue weighted by Gasteiger charge is -2.38. The Morgan fingerprint density at radius 1 is 1.50 bits per heavy atom. The number of aryl methyl sites for hydroxylation is 1. The maximum absolute atomic E-state index is 12.4. The summed E-state index contributed by atoms with van der Waals surface area (Å²) in [5.74, 6) is 0.574. The molecule has 2 aromatic rings. The van der Waals surface area contributed by atoms with Gasteiger partial charge in [-0.05, 0) is 37.8 Å². The Balaban J connectivity index is 1.71. The molecule has 0 spiro atoms. The Bertz CT molecular complexity index is 635. The van der Waals surface area contributed by atoms with E-state index in [1.165, 1.54) is 6.20 Å². The van der Waals surface area contributed by atoms with E-state index in [0.29, 0.717) is 30.6 Å². The number of carbonyl (C=O) groups excluding carboxylic acids is 1. The van der Waals surface area contributed by atoms with Gasteiger partial charge in [0.25, 0.3) is 5.91 Å². The first-order valence-corrected chi connectivity index (χ1v) is 7.43. The van der Waals surface area contributed by atoms with Gasteiger partial charge in [-0.15, -0.1) is 0 Å². The Kier molecular flexibility index (Phi) is 4.20. The Hall–Kier alpha value is -2.21. The van der Waals surface area contributed by atoms with E-state index in [4.69, 9.17) is 4.52 Å². The third-order valence-electron chi connectivity index (χ3n) is 4.19. The highest BCUT2D eigenvalue weighted by Crippen LogP contribution is 2.31. The minimum absolute atomic E-state index is 0.0555. The van der Waals surface area contributed by atoms with Gasteiger partial charge in [0.1, 0.15) is 11.3 Å². The molecule has 6 nitrogen and oxygen atoms in total. The normalized spacial score (nSPS) is 21.9. The second-order valence-corrected chi connectivity index (χ2v) is 5.79. The Labute approximate surface area is 128 Å². The Morgan fingerprint density at radius 2 is 2.32 bits per heavy atom. The van der Waals surface area contributed by atoms with Crippen molar-refractivity contribution in [3.8, 4) is 0 Å². The van der Waals surface area contributed by atoms with Crippen LogP contribution in [0.2, 0.25) is 0 Å². The van der Waals surface area contributed by atoms with Crippen molar-refractivity contribution in [1.29, 1.82) is 0 Å². The van der Waals surface area contributed by atoms with Crippen LogP contribution < -0.4 is 5.32 Å². The summed E-state index contributed by atoms with van der Waals surface area (Å²) in [5, 5.41) is 16.2. The molecule has 1 aliphatic rings. The molecule has 116 valence electrons. The summed E-state index contributed by atoms with van der Waals surface area (Å²) in [6.45, 7) is 1.71. The number of aliphatic hydroxyl groups is 1. The van der Waals surface area contributed by atoms with E-state index in [9.17, 15) is 9.90 Å². The highest BCUT2D eigenvalue weighted by molar-refractivity contribution is 5.94. The minimum Gasteiger partial charge on any atom is -0.393 e. The van der Waals surface area contributed by atoms with Crippen molar-refractivity contribution in [3.05, 3.63) is 47.6 Å². The van der Waals surface area contributed by atoms with Crippen molar-refractivity contribution in [2.45, 2.75) is 38.3 Å². The van der Waals surface area contributed by atoms with Crippen LogP contribution in [0.3, 0.4) is 0 Å². The molecule has 0 radical (unpaired) electrons. The van der Waals surface area contributed by atoms with Crippen LogP contribution in [-0.2, 0) is 6.42 Å². The van der Waals surface area contributed by atoms with Gasteiger partial charge in [0, 0.05) is 24.4 Å². The van der Waals surface area contributed by atoms with Gasteiger partial charge < -0.3 is 14.9 Å². The minimum atomic E-state index is -0.259. The van der Waals surface area contributed by atoms with Crippen LogP contribution in [0.5, 0.6) is 0 Å². The predicted octanol–water partition coefficient (Wildman–Crippen LogP) is 1.49. The summed E-state index contributed by atoms with van der Waals surface area (Å²) in [6.07, 6.45) is 4.98. The summed E-state index contributed by atoms with van der Waals surface area (Å²) in [6, 6.07) is 5.69. The van der Waals surface area contributed by atoms with Gasteiger partial charge in [-0.2, -0.15) is 0 Å². The number of carbonyl (C=O) groups is 1. The van der Waals surface area contributed by atoms with Crippen LogP contribution in [0.4, 0.5) is 0 Å². The van der Waals surface area contributed by atoms with Crippen LogP contribution in [0.25, 0.3) is 0 Å². The zero-order chi connectivity index (χ0) is 15.5. The SMILES string of the molecule is Cc1oncc1C(=O)N[C@@H](Cc1ccccn1)C1CC(O)C1.